The van der Waals surface area contributed by atoms with Crippen molar-refractivity contribution in [3.05, 3.63) is 29.3 Å². The molecular formula is C16H25NO. The first-order valence-electron chi connectivity index (χ1n) is 6.89. The third-order valence-corrected chi connectivity index (χ3v) is 3.42. The fourth-order valence-electron chi connectivity index (χ4n) is 2.63. The molecule has 2 heteroatoms. The summed E-state index contributed by atoms with van der Waals surface area (Å²) < 4.78 is 0. The molecule has 2 atom stereocenters. The molecule has 2 N–H and O–H groups in total. The van der Waals surface area contributed by atoms with Crippen LogP contribution in [0, 0.1) is 17.2 Å². The first kappa shape index (κ1) is 14.7. The Hall–Kier alpha value is -1.31. The zero-order valence-electron chi connectivity index (χ0n) is 11.7. The predicted molar refractivity (Wildman–Crippen MR) is 77.5 cm³/mol. The first-order valence-corrected chi connectivity index (χ1v) is 6.89. The van der Waals surface area contributed by atoms with E-state index < -0.39 is 0 Å². The third-order valence-electron chi connectivity index (χ3n) is 3.42. The molecule has 1 aromatic rings. The van der Waals surface area contributed by atoms with Crippen molar-refractivity contribution in [2.24, 2.45) is 11.8 Å². The van der Waals surface area contributed by atoms with Crippen LogP contribution in [-0.2, 0) is 6.42 Å². The Labute approximate surface area is 111 Å². The van der Waals surface area contributed by atoms with Crippen molar-refractivity contribution in [2.45, 2.75) is 46.5 Å². The average Bonchev–Trinajstić information content (AvgIpc) is 2.31. The summed E-state index contributed by atoms with van der Waals surface area (Å²) in [5.41, 5.74) is 1.82. The Morgan fingerprint density at radius 2 is 2.00 bits per heavy atom. The van der Waals surface area contributed by atoms with Gasteiger partial charge in [0.2, 0.25) is 0 Å². The molecule has 2 nitrogen and oxygen atoms in total. The lowest BCUT2D eigenvalue weighted by molar-refractivity contribution is 0.390. The molecule has 0 fully saturated rings. The van der Waals surface area contributed by atoms with E-state index in [-0.39, 0.29) is 5.75 Å². The number of phenols is 1. The van der Waals surface area contributed by atoms with Crippen LogP contribution in [0.1, 0.15) is 51.2 Å². The Balaban J connectivity index is 2.58. The maximum atomic E-state index is 9.53. The fraction of sp³-hybridized carbons (Fsp3) is 0.562. The highest BCUT2D eigenvalue weighted by molar-refractivity contribution is 5.81. The summed E-state index contributed by atoms with van der Waals surface area (Å²) in [6.07, 6.45) is 6.03. The van der Waals surface area contributed by atoms with Crippen molar-refractivity contribution in [1.82, 2.24) is 0 Å². The summed E-state index contributed by atoms with van der Waals surface area (Å²) in [6, 6.07) is 5.57. The fourth-order valence-corrected chi connectivity index (χ4v) is 2.63. The number of rotatable bonds is 7. The maximum Gasteiger partial charge on any atom is 0.124 e. The van der Waals surface area contributed by atoms with E-state index in [4.69, 9.17) is 5.41 Å². The zero-order valence-corrected chi connectivity index (χ0v) is 11.7. The first-order chi connectivity index (χ1) is 8.56. The van der Waals surface area contributed by atoms with Crippen LogP contribution in [-0.4, -0.2) is 11.3 Å². The molecule has 0 heterocycles. The number of benzene rings is 1. The molecule has 1 rings (SSSR count). The second-order valence-electron chi connectivity index (χ2n) is 5.48. The number of phenolic OH excluding ortho intramolecular Hbond substituents is 1. The largest absolute Gasteiger partial charge is 0.507 e. The van der Waals surface area contributed by atoms with Gasteiger partial charge in [0.15, 0.2) is 0 Å². The smallest absolute Gasteiger partial charge is 0.124 e. The van der Waals surface area contributed by atoms with Crippen LogP contribution < -0.4 is 0 Å². The van der Waals surface area contributed by atoms with E-state index in [1.54, 1.807) is 6.07 Å². The van der Waals surface area contributed by atoms with Gasteiger partial charge in [-0.25, -0.2) is 0 Å². The Morgan fingerprint density at radius 3 is 2.61 bits per heavy atom. The number of hydrogen-bond acceptors (Lipinski definition) is 2. The van der Waals surface area contributed by atoms with Crippen LogP contribution >= 0.6 is 0 Å². The molecule has 100 valence electrons. The van der Waals surface area contributed by atoms with E-state index in [2.05, 4.69) is 20.8 Å². The van der Waals surface area contributed by atoms with Gasteiger partial charge in [0, 0.05) is 11.8 Å². The molecule has 18 heavy (non-hydrogen) atoms. The number of hydrogen-bond donors (Lipinski definition) is 2. The molecule has 0 aromatic heterocycles. The van der Waals surface area contributed by atoms with Crippen molar-refractivity contribution in [3.63, 3.8) is 0 Å². The van der Waals surface area contributed by atoms with Crippen LogP contribution in [0.5, 0.6) is 5.75 Å². The Bertz CT molecular complexity index is 387. The third kappa shape index (κ3) is 4.52. The highest BCUT2D eigenvalue weighted by Gasteiger charge is 2.10. The predicted octanol–water partition coefficient (Wildman–Crippen LogP) is 4.39. The molecule has 2 unspecified atom stereocenters. The van der Waals surface area contributed by atoms with E-state index in [9.17, 15) is 5.11 Å². The maximum absolute atomic E-state index is 9.53. The van der Waals surface area contributed by atoms with Crippen molar-refractivity contribution < 1.29 is 5.11 Å². The Kier molecular flexibility index (Phi) is 5.90. The molecule has 0 aliphatic heterocycles. The zero-order chi connectivity index (χ0) is 13.5. The summed E-state index contributed by atoms with van der Waals surface area (Å²) in [7, 11) is 0. The van der Waals surface area contributed by atoms with E-state index >= 15 is 0 Å². The quantitative estimate of drug-likeness (QED) is 0.689. The molecule has 0 radical (unpaired) electrons. The van der Waals surface area contributed by atoms with Gasteiger partial charge >= 0.3 is 0 Å². The van der Waals surface area contributed by atoms with Gasteiger partial charge in [0.25, 0.3) is 0 Å². The van der Waals surface area contributed by atoms with Crippen molar-refractivity contribution in [3.8, 4) is 5.75 Å². The molecule has 0 aliphatic carbocycles. The lowest BCUT2D eigenvalue weighted by atomic mass is 9.89. The van der Waals surface area contributed by atoms with E-state index in [1.165, 1.54) is 31.0 Å². The summed E-state index contributed by atoms with van der Waals surface area (Å²) in [5, 5.41) is 16.8. The molecule has 0 saturated heterocycles. The van der Waals surface area contributed by atoms with Crippen LogP contribution in [0.2, 0.25) is 0 Å². The standard InChI is InChI=1S/C16H25NO/c1-4-5-12(2)8-13(3)9-14-6-7-16(18)15(10-14)11-17/h6-7,10-13,17-18H,4-5,8-9H2,1-3H3. The second kappa shape index (κ2) is 7.20. The normalized spacial score (nSPS) is 14.2. The lowest BCUT2D eigenvalue weighted by Gasteiger charge is -2.17. The molecule has 0 spiro atoms. The number of nitrogens with one attached hydrogen (secondary N) is 1. The van der Waals surface area contributed by atoms with Crippen LogP contribution in [0.15, 0.2) is 18.2 Å². The van der Waals surface area contributed by atoms with E-state index in [0.29, 0.717) is 11.5 Å². The van der Waals surface area contributed by atoms with Crippen molar-refractivity contribution in [2.75, 3.05) is 0 Å². The molecule has 0 aliphatic rings. The van der Waals surface area contributed by atoms with Gasteiger partial charge in [-0.15, -0.1) is 0 Å². The van der Waals surface area contributed by atoms with Gasteiger partial charge in [-0.1, -0.05) is 39.7 Å². The van der Waals surface area contributed by atoms with E-state index in [0.717, 1.165) is 12.3 Å². The molecule has 0 saturated carbocycles. The minimum atomic E-state index is 0.195. The van der Waals surface area contributed by atoms with Gasteiger partial charge in [-0.2, -0.15) is 0 Å². The number of aromatic hydroxyl groups is 1. The Morgan fingerprint density at radius 1 is 1.28 bits per heavy atom. The SMILES string of the molecule is CCCC(C)CC(C)Cc1ccc(O)c(C=N)c1. The topological polar surface area (TPSA) is 44.1 Å². The van der Waals surface area contributed by atoms with Crippen molar-refractivity contribution >= 4 is 6.21 Å². The van der Waals surface area contributed by atoms with Gasteiger partial charge in [0.1, 0.15) is 5.75 Å². The molecule has 0 amide bonds. The lowest BCUT2D eigenvalue weighted by Crippen LogP contribution is -2.06. The minimum Gasteiger partial charge on any atom is -0.507 e. The summed E-state index contributed by atoms with van der Waals surface area (Å²) in [5.74, 6) is 1.62. The molecule has 0 bridgehead atoms. The second-order valence-corrected chi connectivity index (χ2v) is 5.48. The highest BCUT2D eigenvalue weighted by Crippen LogP contribution is 2.23. The minimum absolute atomic E-state index is 0.195. The molecule has 1 aromatic carbocycles. The summed E-state index contributed by atoms with van der Waals surface area (Å²) in [4.78, 5) is 0. The van der Waals surface area contributed by atoms with Crippen molar-refractivity contribution in [1.29, 1.82) is 5.41 Å². The summed E-state index contributed by atoms with van der Waals surface area (Å²) in [6.45, 7) is 6.83. The monoisotopic (exact) mass is 247 g/mol. The molecular weight excluding hydrogens is 222 g/mol. The van der Waals surface area contributed by atoms with Crippen LogP contribution in [0.25, 0.3) is 0 Å². The van der Waals surface area contributed by atoms with E-state index in [1.807, 2.05) is 12.1 Å². The van der Waals surface area contributed by atoms with Gasteiger partial charge in [-0.3, -0.25) is 0 Å². The van der Waals surface area contributed by atoms with Gasteiger partial charge in [0.05, 0.1) is 0 Å². The highest BCUT2D eigenvalue weighted by atomic mass is 16.3. The van der Waals surface area contributed by atoms with Gasteiger partial charge in [-0.05, 0) is 42.4 Å². The average molecular weight is 247 g/mol. The van der Waals surface area contributed by atoms with Crippen LogP contribution in [0.4, 0.5) is 0 Å². The van der Waals surface area contributed by atoms with Gasteiger partial charge < -0.3 is 10.5 Å². The summed E-state index contributed by atoms with van der Waals surface area (Å²) >= 11 is 0. The van der Waals surface area contributed by atoms with Crippen LogP contribution in [0.3, 0.4) is 0 Å².